The second-order valence-corrected chi connectivity index (χ2v) is 6.36. The number of hydrogen-bond donors (Lipinski definition) is 1. The summed E-state index contributed by atoms with van der Waals surface area (Å²) in [7, 11) is 2.23. The normalized spacial score (nSPS) is 19.2. The quantitative estimate of drug-likeness (QED) is 0.816. The number of benzene rings is 1. The fourth-order valence-corrected chi connectivity index (χ4v) is 2.93. The molecule has 1 aromatic rings. The zero-order valence-corrected chi connectivity index (χ0v) is 12.4. The molecule has 1 aromatic carbocycles. The van der Waals surface area contributed by atoms with Gasteiger partial charge in [-0.2, -0.15) is 0 Å². The van der Waals surface area contributed by atoms with Gasteiger partial charge in [0.1, 0.15) is 0 Å². The molecule has 0 aliphatic heterocycles. The average Bonchev–Trinajstić information content (AvgIpc) is 2.41. The Kier molecular flexibility index (Phi) is 5.00. The zero-order chi connectivity index (χ0) is 13.7. The minimum absolute atomic E-state index is 0.167. The van der Waals surface area contributed by atoms with Crippen molar-refractivity contribution >= 4 is 0 Å². The van der Waals surface area contributed by atoms with Crippen molar-refractivity contribution in [3.05, 3.63) is 35.9 Å². The second-order valence-electron chi connectivity index (χ2n) is 6.36. The Morgan fingerprint density at radius 3 is 2.47 bits per heavy atom. The third-order valence-corrected chi connectivity index (χ3v) is 4.89. The molecular formula is C17H28N2. The van der Waals surface area contributed by atoms with Gasteiger partial charge in [-0.1, -0.05) is 49.6 Å². The Morgan fingerprint density at radius 2 is 1.95 bits per heavy atom. The van der Waals surface area contributed by atoms with Gasteiger partial charge in [0.05, 0.1) is 0 Å². The van der Waals surface area contributed by atoms with E-state index < -0.39 is 0 Å². The number of hydrogen-bond acceptors (Lipinski definition) is 2. The summed E-state index contributed by atoms with van der Waals surface area (Å²) in [5.41, 5.74) is 7.64. The van der Waals surface area contributed by atoms with Crippen LogP contribution >= 0.6 is 0 Å². The van der Waals surface area contributed by atoms with Gasteiger partial charge in [0.15, 0.2) is 0 Å². The minimum Gasteiger partial charge on any atom is -0.329 e. The van der Waals surface area contributed by atoms with E-state index in [2.05, 4.69) is 49.2 Å². The van der Waals surface area contributed by atoms with Gasteiger partial charge < -0.3 is 5.73 Å². The summed E-state index contributed by atoms with van der Waals surface area (Å²) in [5.74, 6) is 0.910. The summed E-state index contributed by atoms with van der Waals surface area (Å²) in [5, 5.41) is 0. The highest BCUT2D eigenvalue weighted by Crippen LogP contribution is 2.35. The van der Waals surface area contributed by atoms with Crippen LogP contribution in [0.4, 0.5) is 0 Å². The lowest BCUT2D eigenvalue weighted by Gasteiger charge is -2.42. The maximum Gasteiger partial charge on any atom is 0.0303 e. The van der Waals surface area contributed by atoms with E-state index in [9.17, 15) is 0 Å². The molecule has 2 rings (SSSR count). The van der Waals surface area contributed by atoms with E-state index in [1.807, 2.05) is 0 Å². The van der Waals surface area contributed by atoms with Gasteiger partial charge in [0.25, 0.3) is 0 Å². The van der Waals surface area contributed by atoms with E-state index in [0.717, 1.165) is 25.4 Å². The summed E-state index contributed by atoms with van der Waals surface area (Å²) in [6.07, 6.45) is 6.59. The molecule has 106 valence electrons. The Morgan fingerprint density at radius 1 is 1.26 bits per heavy atom. The van der Waals surface area contributed by atoms with Crippen LogP contribution in [0.5, 0.6) is 0 Å². The molecule has 0 aromatic heterocycles. The van der Waals surface area contributed by atoms with E-state index in [0.29, 0.717) is 0 Å². The second kappa shape index (κ2) is 6.53. The molecule has 1 atom stereocenters. The van der Waals surface area contributed by atoms with Crippen LogP contribution in [0.15, 0.2) is 30.3 Å². The van der Waals surface area contributed by atoms with Crippen LogP contribution < -0.4 is 5.73 Å². The SMILES string of the molecule is CN(CCc1ccccc1)C(C)(CN)CC1CCC1. The van der Waals surface area contributed by atoms with Crippen molar-refractivity contribution in [2.24, 2.45) is 11.7 Å². The summed E-state index contributed by atoms with van der Waals surface area (Å²) < 4.78 is 0. The van der Waals surface area contributed by atoms with Gasteiger partial charge in [0.2, 0.25) is 0 Å². The van der Waals surface area contributed by atoms with E-state index in [4.69, 9.17) is 5.73 Å². The van der Waals surface area contributed by atoms with Crippen molar-refractivity contribution in [2.45, 2.75) is 44.6 Å². The van der Waals surface area contributed by atoms with Crippen LogP contribution in [0.2, 0.25) is 0 Å². The third-order valence-electron chi connectivity index (χ3n) is 4.89. The molecule has 2 heteroatoms. The first-order valence-electron chi connectivity index (χ1n) is 7.59. The maximum atomic E-state index is 6.06. The van der Waals surface area contributed by atoms with E-state index in [1.54, 1.807) is 0 Å². The molecular weight excluding hydrogens is 232 g/mol. The van der Waals surface area contributed by atoms with E-state index >= 15 is 0 Å². The monoisotopic (exact) mass is 260 g/mol. The van der Waals surface area contributed by atoms with Crippen molar-refractivity contribution in [3.8, 4) is 0 Å². The summed E-state index contributed by atoms with van der Waals surface area (Å²) in [4.78, 5) is 2.47. The number of likely N-dealkylation sites (N-methyl/N-ethyl adjacent to an activating group) is 1. The molecule has 0 saturated heterocycles. The first-order valence-corrected chi connectivity index (χ1v) is 7.59. The van der Waals surface area contributed by atoms with Crippen molar-refractivity contribution in [2.75, 3.05) is 20.1 Å². The number of nitrogens with two attached hydrogens (primary N) is 1. The highest BCUT2D eigenvalue weighted by molar-refractivity contribution is 5.15. The van der Waals surface area contributed by atoms with Crippen LogP contribution in [0.3, 0.4) is 0 Å². The van der Waals surface area contributed by atoms with Gasteiger partial charge in [-0.3, -0.25) is 4.90 Å². The van der Waals surface area contributed by atoms with Gasteiger partial charge >= 0.3 is 0 Å². The first kappa shape index (κ1) is 14.5. The molecule has 1 aliphatic carbocycles. The molecule has 0 radical (unpaired) electrons. The topological polar surface area (TPSA) is 29.3 Å². The van der Waals surface area contributed by atoms with Gasteiger partial charge in [-0.15, -0.1) is 0 Å². The van der Waals surface area contributed by atoms with Crippen molar-refractivity contribution < 1.29 is 0 Å². The Labute approximate surface area is 118 Å². The molecule has 1 fully saturated rings. The Balaban J connectivity index is 1.86. The summed E-state index contributed by atoms with van der Waals surface area (Å²) in [6, 6.07) is 10.7. The van der Waals surface area contributed by atoms with Crippen LogP contribution in [0.25, 0.3) is 0 Å². The molecule has 0 bridgehead atoms. The van der Waals surface area contributed by atoms with Crippen LogP contribution in [0.1, 0.15) is 38.2 Å². The maximum absolute atomic E-state index is 6.06. The fraction of sp³-hybridized carbons (Fsp3) is 0.647. The predicted molar refractivity (Wildman–Crippen MR) is 82.2 cm³/mol. The molecule has 0 spiro atoms. The Hall–Kier alpha value is -0.860. The van der Waals surface area contributed by atoms with Crippen LogP contribution in [0, 0.1) is 5.92 Å². The largest absolute Gasteiger partial charge is 0.329 e. The Bertz CT molecular complexity index is 372. The molecule has 2 nitrogen and oxygen atoms in total. The summed E-state index contributed by atoms with van der Waals surface area (Å²) >= 11 is 0. The van der Waals surface area contributed by atoms with Gasteiger partial charge in [-0.25, -0.2) is 0 Å². The molecule has 0 heterocycles. The lowest BCUT2D eigenvalue weighted by molar-refractivity contribution is 0.0929. The molecule has 2 N–H and O–H groups in total. The molecule has 19 heavy (non-hydrogen) atoms. The predicted octanol–water partition coefficient (Wildman–Crippen LogP) is 3.07. The highest BCUT2D eigenvalue weighted by atomic mass is 15.2. The van der Waals surface area contributed by atoms with Crippen LogP contribution in [-0.2, 0) is 6.42 Å². The van der Waals surface area contributed by atoms with Crippen molar-refractivity contribution in [1.82, 2.24) is 4.90 Å². The van der Waals surface area contributed by atoms with E-state index in [-0.39, 0.29) is 5.54 Å². The average molecular weight is 260 g/mol. The van der Waals surface area contributed by atoms with Gasteiger partial charge in [-0.05, 0) is 38.3 Å². The minimum atomic E-state index is 0.167. The first-order chi connectivity index (χ1) is 9.14. The smallest absolute Gasteiger partial charge is 0.0303 e. The van der Waals surface area contributed by atoms with Crippen molar-refractivity contribution in [1.29, 1.82) is 0 Å². The zero-order valence-electron chi connectivity index (χ0n) is 12.4. The lowest BCUT2D eigenvalue weighted by atomic mass is 9.76. The van der Waals surface area contributed by atoms with E-state index in [1.165, 1.54) is 31.2 Å². The third kappa shape index (κ3) is 3.80. The van der Waals surface area contributed by atoms with Crippen LogP contribution in [-0.4, -0.2) is 30.6 Å². The fourth-order valence-electron chi connectivity index (χ4n) is 2.93. The molecule has 1 unspecified atom stereocenters. The summed E-state index contributed by atoms with van der Waals surface area (Å²) in [6.45, 7) is 4.18. The standard InChI is InChI=1S/C17H28N2/c1-17(14-18,13-16-9-6-10-16)19(2)12-11-15-7-4-3-5-8-15/h3-5,7-8,16H,6,9-14,18H2,1-2H3. The molecule has 1 saturated carbocycles. The lowest BCUT2D eigenvalue weighted by Crippen LogP contribution is -2.52. The number of rotatable bonds is 7. The van der Waals surface area contributed by atoms with Crippen molar-refractivity contribution in [3.63, 3.8) is 0 Å². The molecule has 0 amide bonds. The number of nitrogens with zero attached hydrogens (tertiary/aromatic N) is 1. The highest BCUT2D eigenvalue weighted by Gasteiger charge is 2.32. The molecule has 1 aliphatic rings. The van der Waals surface area contributed by atoms with Gasteiger partial charge in [0, 0.05) is 18.6 Å².